The fourth-order valence-corrected chi connectivity index (χ4v) is 2.71. The predicted molar refractivity (Wildman–Crippen MR) is 106 cm³/mol. The Hall–Kier alpha value is -3.94. The minimum Gasteiger partial charge on any atom is -0.399 e. The number of benzene rings is 2. The largest absolute Gasteiger partial charge is 0.399 e. The van der Waals surface area contributed by atoms with E-state index in [1.165, 1.54) is 6.92 Å². The van der Waals surface area contributed by atoms with E-state index in [-0.39, 0.29) is 5.91 Å². The molecule has 0 aliphatic heterocycles. The van der Waals surface area contributed by atoms with Gasteiger partial charge in [-0.15, -0.1) is 0 Å². The van der Waals surface area contributed by atoms with Gasteiger partial charge in [0, 0.05) is 29.5 Å². The topological polar surface area (TPSA) is 122 Å². The highest BCUT2D eigenvalue weighted by atomic mass is 16.1. The summed E-state index contributed by atoms with van der Waals surface area (Å²) in [5.74, 6) is 1.01. The summed E-state index contributed by atoms with van der Waals surface area (Å²) in [6.45, 7) is 1.47. The number of nitrogens with zero attached hydrogens (tertiary/aromatic N) is 3. The molecular weight excluding hydrogens is 342 g/mol. The summed E-state index contributed by atoms with van der Waals surface area (Å²) in [5, 5.41) is 6.01. The summed E-state index contributed by atoms with van der Waals surface area (Å²) < 4.78 is 0. The molecule has 1 amide bonds. The fraction of sp³-hybridized carbons (Fsp3) is 0.0526. The molecule has 5 N–H and O–H groups in total. The van der Waals surface area contributed by atoms with Gasteiger partial charge in [0.1, 0.15) is 5.52 Å². The summed E-state index contributed by atoms with van der Waals surface area (Å²) in [5.41, 5.74) is 10.1. The van der Waals surface area contributed by atoms with Gasteiger partial charge >= 0.3 is 0 Å². The molecule has 0 aliphatic rings. The Labute approximate surface area is 154 Å². The molecule has 0 fully saturated rings. The van der Waals surface area contributed by atoms with E-state index in [1.54, 1.807) is 6.33 Å². The lowest BCUT2D eigenvalue weighted by Gasteiger charge is -2.10. The van der Waals surface area contributed by atoms with Gasteiger partial charge in [-0.3, -0.25) is 4.79 Å². The summed E-state index contributed by atoms with van der Waals surface area (Å²) in [4.78, 5) is 27.6. The average Bonchev–Trinajstić information content (AvgIpc) is 3.12. The quantitative estimate of drug-likeness (QED) is 0.415. The van der Waals surface area contributed by atoms with Crippen LogP contribution < -0.4 is 16.4 Å². The second-order valence-corrected chi connectivity index (χ2v) is 6.01. The molecule has 2 aromatic carbocycles. The van der Waals surface area contributed by atoms with E-state index >= 15 is 0 Å². The van der Waals surface area contributed by atoms with Crippen molar-refractivity contribution < 1.29 is 4.79 Å². The lowest BCUT2D eigenvalue weighted by Crippen LogP contribution is -2.05. The lowest BCUT2D eigenvalue weighted by molar-refractivity contribution is -0.114. The number of H-pyrrole nitrogens is 1. The predicted octanol–water partition coefficient (Wildman–Crippen LogP) is 3.30. The highest BCUT2D eigenvalue weighted by Crippen LogP contribution is 2.26. The summed E-state index contributed by atoms with van der Waals surface area (Å²) in [6, 6.07) is 14.7. The van der Waals surface area contributed by atoms with Crippen molar-refractivity contribution in [2.24, 2.45) is 0 Å². The highest BCUT2D eigenvalue weighted by Gasteiger charge is 2.12. The number of hydrogen-bond donors (Lipinski definition) is 4. The van der Waals surface area contributed by atoms with Crippen LogP contribution in [0.3, 0.4) is 0 Å². The highest BCUT2D eigenvalue weighted by molar-refractivity contribution is 5.89. The van der Waals surface area contributed by atoms with E-state index in [1.807, 2.05) is 48.5 Å². The number of anilines is 4. The number of aromatic amines is 1. The maximum atomic E-state index is 11.1. The number of nitrogens with one attached hydrogen (secondary N) is 3. The Bertz CT molecular complexity index is 1120. The van der Waals surface area contributed by atoms with Crippen molar-refractivity contribution in [3.63, 3.8) is 0 Å². The molecule has 0 spiro atoms. The molecule has 2 heterocycles. The van der Waals surface area contributed by atoms with Crippen LogP contribution in [0.15, 0.2) is 54.9 Å². The van der Waals surface area contributed by atoms with E-state index in [2.05, 4.69) is 30.6 Å². The van der Waals surface area contributed by atoms with E-state index < -0.39 is 0 Å². The number of amides is 1. The molecule has 134 valence electrons. The summed E-state index contributed by atoms with van der Waals surface area (Å²) >= 11 is 0. The Kier molecular flexibility index (Phi) is 4.13. The van der Waals surface area contributed by atoms with Crippen molar-refractivity contribution in [1.29, 1.82) is 0 Å². The fourth-order valence-electron chi connectivity index (χ4n) is 2.71. The van der Waals surface area contributed by atoms with Crippen molar-refractivity contribution in [1.82, 2.24) is 19.9 Å². The maximum absolute atomic E-state index is 11.1. The van der Waals surface area contributed by atoms with Gasteiger partial charge in [0.25, 0.3) is 0 Å². The molecule has 8 nitrogen and oxygen atoms in total. The zero-order chi connectivity index (χ0) is 18.8. The van der Waals surface area contributed by atoms with Gasteiger partial charge in [0.2, 0.25) is 5.91 Å². The monoisotopic (exact) mass is 359 g/mol. The smallest absolute Gasteiger partial charge is 0.221 e. The molecule has 27 heavy (non-hydrogen) atoms. The first kappa shape index (κ1) is 16.5. The Morgan fingerprint density at radius 3 is 2.59 bits per heavy atom. The normalized spacial score (nSPS) is 10.7. The van der Waals surface area contributed by atoms with E-state index in [0.717, 1.165) is 16.9 Å². The molecule has 2 aromatic heterocycles. The number of imidazole rings is 1. The van der Waals surface area contributed by atoms with E-state index in [9.17, 15) is 4.79 Å². The minimum absolute atomic E-state index is 0.113. The molecule has 4 rings (SSSR count). The van der Waals surface area contributed by atoms with Crippen molar-refractivity contribution in [2.75, 3.05) is 16.4 Å². The molecule has 0 unspecified atom stereocenters. The number of carbonyl (C=O) groups excluding carboxylic acids is 1. The van der Waals surface area contributed by atoms with Crippen LogP contribution in [0.25, 0.3) is 22.6 Å². The molecule has 0 saturated carbocycles. The molecule has 0 aliphatic carbocycles. The molecule has 8 heteroatoms. The number of hydrogen-bond acceptors (Lipinski definition) is 6. The SMILES string of the molecule is CC(=O)Nc1ccc(Nc2nc(-c3cccc(N)c3)nc3nc[nH]c23)cc1. The second kappa shape index (κ2) is 6.75. The van der Waals surface area contributed by atoms with Crippen LogP contribution in [-0.4, -0.2) is 25.8 Å². The molecule has 0 radical (unpaired) electrons. The van der Waals surface area contributed by atoms with Crippen molar-refractivity contribution in [2.45, 2.75) is 6.92 Å². The molecule has 0 bridgehead atoms. The zero-order valence-electron chi connectivity index (χ0n) is 14.5. The number of fused-ring (bicyclic) bond motifs is 1. The van der Waals surface area contributed by atoms with Crippen LogP contribution in [0.2, 0.25) is 0 Å². The van der Waals surface area contributed by atoms with Gasteiger partial charge in [-0.05, 0) is 36.4 Å². The van der Waals surface area contributed by atoms with Gasteiger partial charge in [0.15, 0.2) is 17.3 Å². The Morgan fingerprint density at radius 2 is 1.85 bits per heavy atom. The number of aromatic nitrogens is 4. The first-order valence-electron chi connectivity index (χ1n) is 8.30. The Balaban J connectivity index is 1.70. The van der Waals surface area contributed by atoms with Crippen LogP contribution in [0, 0.1) is 0 Å². The lowest BCUT2D eigenvalue weighted by atomic mass is 10.2. The number of rotatable bonds is 4. The first-order chi connectivity index (χ1) is 13.1. The first-order valence-corrected chi connectivity index (χ1v) is 8.30. The van der Waals surface area contributed by atoms with Crippen molar-refractivity contribution in [3.8, 4) is 11.4 Å². The summed E-state index contributed by atoms with van der Waals surface area (Å²) in [7, 11) is 0. The third-order valence-electron chi connectivity index (χ3n) is 3.90. The van der Waals surface area contributed by atoms with Gasteiger partial charge in [0.05, 0.1) is 6.33 Å². The molecular formula is C19H17N7O. The van der Waals surface area contributed by atoms with Crippen LogP contribution in [0.4, 0.5) is 22.9 Å². The van der Waals surface area contributed by atoms with Gasteiger partial charge in [-0.25, -0.2) is 15.0 Å². The van der Waals surface area contributed by atoms with E-state index in [4.69, 9.17) is 5.73 Å². The van der Waals surface area contributed by atoms with E-state index in [0.29, 0.717) is 28.5 Å². The van der Waals surface area contributed by atoms with Crippen LogP contribution in [0.5, 0.6) is 0 Å². The molecule has 0 saturated heterocycles. The minimum atomic E-state index is -0.113. The number of carbonyl (C=O) groups is 1. The van der Waals surface area contributed by atoms with Crippen LogP contribution >= 0.6 is 0 Å². The summed E-state index contributed by atoms with van der Waals surface area (Å²) in [6.07, 6.45) is 1.58. The van der Waals surface area contributed by atoms with Gasteiger partial charge in [-0.2, -0.15) is 0 Å². The number of nitrogens with two attached hydrogens (primary N) is 1. The average molecular weight is 359 g/mol. The van der Waals surface area contributed by atoms with Crippen molar-refractivity contribution >= 4 is 40.0 Å². The molecule has 0 atom stereocenters. The zero-order valence-corrected chi connectivity index (χ0v) is 14.5. The number of nitrogen functional groups attached to an aromatic ring is 1. The third kappa shape index (κ3) is 3.54. The molecule has 4 aromatic rings. The Morgan fingerprint density at radius 1 is 1.07 bits per heavy atom. The third-order valence-corrected chi connectivity index (χ3v) is 3.90. The standard InChI is InChI=1S/C19H17N7O/c1-11(27)23-14-5-7-15(8-6-14)24-19-16-18(22-10-21-16)25-17(26-19)12-3-2-4-13(20)9-12/h2-10H,20H2,1H3,(H,23,27)(H2,21,22,24,25,26). The van der Waals surface area contributed by atoms with Crippen LogP contribution in [0.1, 0.15) is 6.92 Å². The van der Waals surface area contributed by atoms with Gasteiger partial charge < -0.3 is 21.4 Å². The van der Waals surface area contributed by atoms with Crippen molar-refractivity contribution in [3.05, 3.63) is 54.9 Å². The van der Waals surface area contributed by atoms with Crippen LogP contribution in [-0.2, 0) is 4.79 Å². The second-order valence-electron chi connectivity index (χ2n) is 6.01. The maximum Gasteiger partial charge on any atom is 0.221 e. The van der Waals surface area contributed by atoms with Gasteiger partial charge in [-0.1, -0.05) is 12.1 Å².